The molecule has 1 unspecified atom stereocenters. The average Bonchev–Trinajstić information content (AvgIpc) is 2.34. The Labute approximate surface area is 111 Å². The summed E-state index contributed by atoms with van der Waals surface area (Å²) < 4.78 is 0. The van der Waals surface area contributed by atoms with E-state index < -0.39 is 0 Å². The molecule has 0 aliphatic rings. The second-order valence-electron chi connectivity index (χ2n) is 4.91. The Morgan fingerprint density at radius 3 is 2.50 bits per heavy atom. The molecule has 0 aromatic rings. The lowest BCUT2D eigenvalue weighted by Crippen LogP contribution is -2.48. The monoisotopic (exact) mass is 253 g/mol. The van der Waals surface area contributed by atoms with Gasteiger partial charge in [0.1, 0.15) is 0 Å². The van der Waals surface area contributed by atoms with Crippen LogP contribution in [0.5, 0.6) is 0 Å². The number of nitrogens with zero attached hydrogens (tertiary/aromatic N) is 2. The molecule has 18 heavy (non-hydrogen) atoms. The zero-order valence-corrected chi connectivity index (χ0v) is 12.2. The average molecular weight is 253 g/mol. The van der Waals surface area contributed by atoms with Crippen LogP contribution in [0, 0.1) is 11.3 Å². The first-order valence-corrected chi connectivity index (χ1v) is 6.95. The predicted molar refractivity (Wildman–Crippen MR) is 74.1 cm³/mol. The number of carbonyl (C=O) groups is 1. The SMILES string of the molecule is CCCCCNC(=O)C(C)N(CCC#N)C(C)C. The van der Waals surface area contributed by atoms with Gasteiger partial charge in [0, 0.05) is 25.6 Å². The van der Waals surface area contributed by atoms with Gasteiger partial charge in [-0.2, -0.15) is 5.26 Å². The van der Waals surface area contributed by atoms with E-state index in [0.29, 0.717) is 13.0 Å². The molecule has 4 heteroatoms. The first kappa shape index (κ1) is 16.9. The summed E-state index contributed by atoms with van der Waals surface area (Å²) in [5, 5.41) is 11.6. The van der Waals surface area contributed by atoms with Crippen molar-refractivity contribution in [3.63, 3.8) is 0 Å². The van der Waals surface area contributed by atoms with Crippen LogP contribution in [0.4, 0.5) is 0 Å². The molecule has 0 spiro atoms. The van der Waals surface area contributed by atoms with Gasteiger partial charge in [-0.15, -0.1) is 0 Å². The molecule has 0 saturated carbocycles. The second-order valence-corrected chi connectivity index (χ2v) is 4.91. The molecule has 0 heterocycles. The highest BCUT2D eigenvalue weighted by Crippen LogP contribution is 2.06. The Morgan fingerprint density at radius 2 is 2.00 bits per heavy atom. The number of carbonyl (C=O) groups excluding carboxylic acids is 1. The highest BCUT2D eigenvalue weighted by atomic mass is 16.2. The van der Waals surface area contributed by atoms with Crippen LogP contribution in [-0.4, -0.2) is 36.0 Å². The van der Waals surface area contributed by atoms with Gasteiger partial charge in [0.05, 0.1) is 12.1 Å². The first-order chi connectivity index (χ1) is 8.54. The third-order valence-electron chi connectivity index (χ3n) is 3.10. The molecule has 0 aromatic carbocycles. The molecule has 0 aliphatic carbocycles. The minimum absolute atomic E-state index is 0.0674. The van der Waals surface area contributed by atoms with Crippen molar-refractivity contribution >= 4 is 5.91 Å². The zero-order chi connectivity index (χ0) is 14.0. The van der Waals surface area contributed by atoms with Gasteiger partial charge in [-0.05, 0) is 27.2 Å². The topological polar surface area (TPSA) is 56.1 Å². The molecule has 0 fully saturated rings. The van der Waals surface area contributed by atoms with Crippen molar-refractivity contribution in [1.29, 1.82) is 5.26 Å². The van der Waals surface area contributed by atoms with Crippen molar-refractivity contribution in [2.24, 2.45) is 0 Å². The number of unbranched alkanes of at least 4 members (excludes halogenated alkanes) is 2. The van der Waals surface area contributed by atoms with Gasteiger partial charge in [0.25, 0.3) is 0 Å². The van der Waals surface area contributed by atoms with Crippen LogP contribution in [0.2, 0.25) is 0 Å². The smallest absolute Gasteiger partial charge is 0.237 e. The van der Waals surface area contributed by atoms with E-state index in [1.165, 1.54) is 0 Å². The molecular formula is C14H27N3O. The van der Waals surface area contributed by atoms with Crippen LogP contribution in [0.3, 0.4) is 0 Å². The van der Waals surface area contributed by atoms with E-state index >= 15 is 0 Å². The third kappa shape index (κ3) is 6.61. The Kier molecular flexibility index (Phi) is 9.31. The van der Waals surface area contributed by atoms with E-state index in [2.05, 4.69) is 37.1 Å². The quantitative estimate of drug-likeness (QED) is 0.641. The van der Waals surface area contributed by atoms with Crippen molar-refractivity contribution in [3.05, 3.63) is 0 Å². The van der Waals surface area contributed by atoms with Crippen LogP contribution >= 0.6 is 0 Å². The molecule has 0 rings (SSSR count). The van der Waals surface area contributed by atoms with Crippen LogP contribution in [0.1, 0.15) is 53.4 Å². The number of rotatable bonds is 9. The molecule has 0 aliphatic heterocycles. The van der Waals surface area contributed by atoms with E-state index in [1.54, 1.807) is 0 Å². The molecule has 0 bridgehead atoms. The van der Waals surface area contributed by atoms with Crippen molar-refractivity contribution in [2.45, 2.75) is 65.5 Å². The van der Waals surface area contributed by atoms with Gasteiger partial charge >= 0.3 is 0 Å². The number of nitrogens with one attached hydrogen (secondary N) is 1. The fourth-order valence-corrected chi connectivity index (χ4v) is 1.96. The highest BCUT2D eigenvalue weighted by molar-refractivity contribution is 5.81. The fraction of sp³-hybridized carbons (Fsp3) is 0.857. The number of nitriles is 1. The van der Waals surface area contributed by atoms with Crippen LogP contribution in [-0.2, 0) is 4.79 Å². The first-order valence-electron chi connectivity index (χ1n) is 6.95. The van der Waals surface area contributed by atoms with Crippen molar-refractivity contribution in [3.8, 4) is 6.07 Å². The molecule has 0 saturated heterocycles. The molecule has 0 aromatic heterocycles. The summed E-state index contributed by atoms with van der Waals surface area (Å²) in [5.74, 6) is 0.0674. The van der Waals surface area contributed by atoms with Gasteiger partial charge < -0.3 is 5.32 Å². The normalized spacial score (nSPS) is 12.5. The van der Waals surface area contributed by atoms with Crippen LogP contribution in [0.15, 0.2) is 0 Å². The molecule has 4 nitrogen and oxygen atoms in total. The highest BCUT2D eigenvalue weighted by Gasteiger charge is 2.22. The minimum atomic E-state index is -0.167. The summed E-state index contributed by atoms with van der Waals surface area (Å²) >= 11 is 0. The second kappa shape index (κ2) is 9.90. The fourth-order valence-electron chi connectivity index (χ4n) is 1.96. The van der Waals surface area contributed by atoms with Gasteiger partial charge in [-0.3, -0.25) is 9.69 Å². The van der Waals surface area contributed by atoms with Crippen molar-refractivity contribution in [2.75, 3.05) is 13.1 Å². The Bertz CT molecular complexity index is 271. The van der Waals surface area contributed by atoms with E-state index in [4.69, 9.17) is 5.26 Å². The summed E-state index contributed by atoms with van der Waals surface area (Å²) in [6.07, 6.45) is 3.81. The molecule has 104 valence electrons. The largest absolute Gasteiger partial charge is 0.355 e. The summed E-state index contributed by atoms with van der Waals surface area (Å²) in [6.45, 7) is 9.56. The maximum atomic E-state index is 12.0. The summed E-state index contributed by atoms with van der Waals surface area (Å²) in [4.78, 5) is 14.0. The van der Waals surface area contributed by atoms with E-state index in [9.17, 15) is 4.79 Å². The summed E-state index contributed by atoms with van der Waals surface area (Å²) in [5.41, 5.74) is 0. The lowest BCUT2D eigenvalue weighted by molar-refractivity contribution is -0.126. The maximum Gasteiger partial charge on any atom is 0.237 e. The number of amides is 1. The number of hydrogen-bond acceptors (Lipinski definition) is 3. The van der Waals surface area contributed by atoms with Gasteiger partial charge in [-0.1, -0.05) is 19.8 Å². The van der Waals surface area contributed by atoms with Gasteiger partial charge in [0.15, 0.2) is 0 Å². The van der Waals surface area contributed by atoms with E-state index in [0.717, 1.165) is 25.8 Å². The molecule has 1 amide bonds. The number of hydrogen-bond donors (Lipinski definition) is 1. The molecular weight excluding hydrogens is 226 g/mol. The van der Waals surface area contributed by atoms with Gasteiger partial charge in [-0.25, -0.2) is 0 Å². The van der Waals surface area contributed by atoms with Crippen molar-refractivity contribution < 1.29 is 4.79 Å². The third-order valence-corrected chi connectivity index (χ3v) is 3.10. The van der Waals surface area contributed by atoms with Crippen molar-refractivity contribution in [1.82, 2.24) is 10.2 Å². The zero-order valence-electron chi connectivity index (χ0n) is 12.2. The van der Waals surface area contributed by atoms with E-state index in [-0.39, 0.29) is 18.0 Å². The van der Waals surface area contributed by atoms with Crippen LogP contribution < -0.4 is 5.32 Å². The Morgan fingerprint density at radius 1 is 1.33 bits per heavy atom. The predicted octanol–water partition coefficient (Wildman–Crippen LogP) is 2.31. The lowest BCUT2D eigenvalue weighted by Gasteiger charge is -2.31. The maximum absolute atomic E-state index is 12.0. The minimum Gasteiger partial charge on any atom is -0.355 e. The standard InChI is InChI=1S/C14H27N3O/c1-5-6-7-10-16-14(18)13(4)17(12(2)3)11-8-9-15/h12-13H,5-8,10-11H2,1-4H3,(H,16,18). The summed E-state index contributed by atoms with van der Waals surface area (Å²) in [6, 6.07) is 2.24. The van der Waals surface area contributed by atoms with Gasteiger partial charge in [0.2, 0.25) is 5.91 Å². The Hall–Kier alpha value is -1.08. The summed E-state index contributed by atoms with van der Waals surface area (Å²) in [7, 11) is 0. The Balaban J connectivity index is 4.17. The molecule has 0 radical (unpaired) electrons. The lowest BCUT2D eigenvalue weighted by atomic mass is 10.2. The molecule has 1 atom stereocenters. The van der Waals surface area contributed by atoms with Crippen LogP contribution in [0.25, 0.3) is 0 Å². The van der Waals surface area contributed by atoms with E-state index in [1.807, 2.05) is 6.92 Å². The molecule has 1 N–H and O–H groups in total.